The number of anilines is 1. The number of nitrogens with one attached hydrogen (secondary N) is 1. The first-order valence-corrected chi connectivity index (χ1v) is 7.10. The molecule has 2 heterocycles. The minimum absolute atomic E-state index is 0.0948. The smallest absolute Gasteiger partial charge is 0.295 e. The molecule has 0 saturated carbocycles. The number of fused-ring (bicyclic) bond motifs is 1. The summed E-state index contributed by atoms with van der Waals surface area (Å²) in [4.78, 5) is 20.4. The predicted octanol–water partition coefficient (Wildman–Crippen LogP) is 2.76. The van der Waals surface area contributed by atoms with Gasteiger partial charge in [-0.15, -0.1) is 5.10 Å². The Morgan fingerprint density at radius 1 is 1.29 bits per heavy atom. The molecular weight excluding hydrogens is 334 g/mol. The number of nitrogens with zero attached hydrogens (tertiary/aromatic N) is 4. The number of aromatic nitrogens is 4. The second-order valence-electron chi connectivity index (χ2n) is 4.65. The highest BCUT2D eigenvalue weighted by Crippen LogP contribution is 2.20. The first kappa shape index (κ1) is 13.7. The van der Waals surface area contributed by atoms with Crippen molar-refractivity contribution in [3.63, 3.8) is 0 Å². The van der Waals surface area contributed by atoms with Crippen molar-refractivity contribution < 1.29 is 4.79 Å². The molecular formula is C14H12BrN5O. The van der Waals surface area contributed by atoms with E-state index in [-0.39, 0.29) is 11.7 Å². The topological polar surface area (TPSA) is 72.2 Å². The van der Waals surface area contributed by atoms with Crippen LogP contribution in [0.3, 0.4) is 0 Å². The highest BCUT2D eigenvalue weighted by atomic mass is 79.9. The SMILES string of the molecule is Cc1cc(NC(=O)c2nc3nccc(C)n3n2)ccc1Br. The van der Waals surface area contributed by atoms with E-state index in [0.29, 0.717) is 11.5 Å². The van der Waals surface area contributed by atoms with Crippen LogP contribution in [0.1, 0.15) is 21.9 Å². The molecule has 0 aliphatic carbocycles. The second-order valence-corrected chi connectivity index (χ2v) is 5.51. The highest BCUT2D eigenvalue weighted by Gasteiger charge is 2.14. The van der Waals surface area contributed by atoms with E-state index in [9.17, 15) is 4.79 Å². The molecule has 3 aromatic rings. The number of carbonyl (C=O) groups excluding carboxylic acids is 1. The Hall–Kier alpha value is -2.28. The van der Waals surface area contributed by atoms with Gasteiger partial charge in [-0.3, -0.25) is 4.79 Å². The largest absolute Gasteiger partial charge is 0.319 e. The van der Waals surface area contributed by atoms with Gasteiger partial charge in [0.2, 0.25) is 5.82 Å². The molecule has 7 heteroatoms. The molecule has 3 rings (SSSR count). The van der Waals surface area contributed by atoms with Gasteiger partial charge >= 0.3 is 0 Å². The molecule has 0 fully saturated rings. The molecule has 0 unspecified atom stereocenters. The van der Waals surface area contributed by atoms with Gasteiger partial charge in [-0.2, -0.15) is 4.98 Å². The van der Waals surface area contributed by atoms with Crippen LogP contribution in [0.2, 0.25) is 0 Å². The number of benzene rings is 1. The van der Waals surface area contributed by atoms with Crippen molar-refractivity contribution in [3.05, 3.63) is 52.0 Å². The fourth-order valence-corrected chi connectivity index (χ4v) is 2.16. The average molecular weight is 346 g/mol. The normalized spacial score (nSPS) is 10.8. The third kappa shape index (κ3) is 2.64. The molecule has 106 valence electrons. The Kier molecular flexibility index (Phi) is 3.42. The Labute approximate surface area is 129 Å². The fourth-order valence-electron chi connectivity index (χ4n) is 1.91. The van der Waals surface area contributed by atoms with Crippen molar-refractivity contribution in [2.75, 3.05) is 5.32 Å². The van der Waals surface area contributed by atoms with E-state index in [2.05, 4.69) is 36.3 Å². The van der Waals surface area contributed by atoms with Crippen LogP contribution in [-0.4, -0.2) is 25.5 Å². The quantitative estimate of drug-likeness (QED) is 0.775. The van der Waals surface area contributed by atoms with Gasteiger partial charge in [-0.25, -0.2) is 9.50 Å². The lowest BCUT2D eigenvalue weighted by atomic mass is 10.2. The lowest BCUT2D eigenvalue weighted by molar-refractivity contribution is 0.101. The van der Waals surface area contributed by atoms with E-state index >= 15 is 0 Å². The van der Waals surface area contributed by atoms with Gasteiger partial charge in [0.25, 0.3) is 11.7 Å². The minimum Gasteiger partial charge on any atom is -0.319 e. The van der Waals surface area contributed by atoms with E-state index in [0.717, 1.165) is 15.7 Å². The van der Waals surface area contributed by atoms with Gasteiger partial charge in [0.1, 0.15) is 0 Å². The van der Waals surface area contributed by atoms with Crippen molar-refractivity contribution in [2.45, 2.75) is 13.8 Å². The average Bonchev–Trinajstić information content (AvgIpc) is 2.89. The minimum atomic E-state index is -0.360. The van der Waals surface area contributed by atoms with Crippen molar-refractivity contribution in [2.24, 2.45) is 0 Å². The molecule has 0 spiro atoms. The highest BCUT2D eigenvalue weighted by molar-refractivity contribution is 9.10. The number of hydrogen-bond acceptors (Lipinski definition) is 4. The molecule has 0 bridgehead atoms. The standard InChI is InChI=1S/C14H12BrN5O/c1-8-7-10(3-4-11(8)15)17-13(21)12-18-14-16-6-5-9(2)20(14)19-12/h3-7H,1-2H3,(H,17,21). The van der Waals surface area contributed by atoms with Gasteiger partial charge in [-0.05, 0) is 43.7 Å². The van der Waals surface area contributed by atoms with Gasteiger partial charge in [0, 0.05) is 22.1 Å². The van der Waals surface area contributed by atoms with E-state index < -0.39 is 0 Å². The molecule has 1 aromatic carbocycles. The zero-order valence-electron chi connectivity index (χ0n) is 11.5. The third-order valence-corrected chi connectivity index (χ3v) is 3.94. The van der Waals surface area contributed by atoms with E-state index in [1.54, 1.807) is 16.8 Å². The van der Waals surface area contributed by atoms with Crippen LogP contribution in [0, 0.1) is 13.8 Å². The molecule has 6 nitrogen and oxygen atoms in total. The first-order valence-electron chi connectivity index (χ1n) is 6.30. The molecule has 1 amide bonds. The van der Waals surface area contributed by atoms with Gasteiger partial charge in [-0.1, -0.05) is 15.9 Å². The Bertz CT molecular complexity index is 842. The van der Waals surface area contributed by atoms with E-state index in [1.807, 2.05) is 32.0 Å². The maximum absolute atomic E-state index is 12.2. The third-order valence-electron chi connectivity index (χ3n) is 3.05. The van der Waals surface area contributed by atoms with Crippen molar-refractivity contribution >= 4 is 33.3 Å². The van der Waals surface area contributed by atoms with Crippen molar-refractivity contribution in [3.8, 4) is 0 Å². The summed E-state index contributed by atoms with van der Waals surface area (Å²) < 4.78 is 2.54. The Morgan fingerprint density at radius 3 is 2.81 bits per heavy atom. The first-order chi connectivity index (χ1) is 10.0. The number of rotatable bonds is 2. The van der Waals surface area contributed by atoms with Gasteiger partial charge < -0.3 is 5.32 Å². The maximum Gasteiger partial charge on any atom is 0.295 e. The molecule has 1 N–H and O–H groups in total. The van der Waals surface area contributed by atoms with Crippen LogP contribution in [0.25, 0.3) is 5.78 Å². The summed E-state index contributed by atoms with van der Waals surface area (Å²) in [5.74, 6) is 0.145. The van der Waals surface area contributed by atoms with Crippen molar-refractivity contribution in [1.82, 2.24) is 19.6 Å². The van der Waals surface area contributed by atoms with E-state index in [1.165, 1.54) is 0 Å². The molecule has 0 aliphatic rings. The van der Waals surface area contributed by atoms with Crippen LogP contribution >= 0.6 is 15.9 Å². The summed E-state index contributed by atoms with van der Waals surface area (Å²) in [6.07, 6.45) is 1.64. The van der Waals surface area contributed by atoms with Crippen molar-refractivity contribution in [1.29, 1.82) is 0 Å². The van der Waals surface area contributed by atoms with Gasteiger partial charge in [0.15, 0.2) is 0 Å². The molecule has 0 radical (unpaired) electrons. The molecule has 0 atom stereocenters. The summed E-state index contributed by atoms with van der Waals surface area (Å²) in [7, 11) is 0. The zero-order valence-corrected chi connectivity index (χ0v) is 13.0. The van der Waals surface area contributed by atoms with Crippen LogP contribution < -0.4 is 5.32 Å². The summed E-state index contributed by atoms with van der Waals surface area (Å²) in [6, 6.07) is 7.38. The number of amides is 1. The summed E-state index contributed by atoms with van der Waals surface area (Å²) in [6.45, 7) is 3.83. The number of aryl methyl sites for hydroxylation is 2. The second kappa shape index (κ2) is 5.25. The molecule has 2 aromatic heterocycles. The lowest BCUT2D eigenvalue weighted by Crippen LogP contribution is -2.14. The molecule has 0 saturated heterocycles. The maximum atomic E-state index is 12.2. The Balaban J connectivity index is 1.90. The molecule has 0 aliphatic heterocycles. The fraction of sp³-hybridized carbons (Fsp3) is 0.143. The number of hydrogen-bond donors (Lipinski definition) is 1. The van der Waals surface area contributed by atoms with Crippen LogP contribution in [0.4, 0.5) is 5.69 Å². The van der Waals surface area contributed by atoms with Crippen LogP contribution in [0.15, 0.2) is 34.9 Å². The summed E-state index contributed by atoms with van der Waals surface area (Å²) in [5.41, 5.74) is 2.60. The van der Waals surface area contributed by atoms with Crippen LogP contribution in [0.5, 0.6) is 0 Å². The van der Waals surface area contributed by atoms with E-state index in [4.69, 9.17) is 0 Å². The number of halogens is 1. The molecule has 21 heavy (non-hydrogen) atoms. The monoisotopic (exact) mass is 345 g/mol. The summed E-state index contributed by atoms with van der Waals surface area (Å²) in [5, 5.41) is 6.95. The Morgan fingerprint density at radius 2 is 2.10 bits per heavy atom. The summed E-state index contributed by atoms with van der Waals surface area (Å²) >= 11 is 3.42. The lowest BCUT2D eigenvalue weighted by Gasteiger charge is -2.04. The zero-order chi connectivity index (χ0) is 15.0. The van der Waals surface area contributed by atoms with Gasteiger partial charge in [0.05, 0.1) is 0 Å². The van der Waals surface area contributed by atoms with Crippen LogP contribution in [-0.2, 0) is 0 Å². The predicted molar refractivity (Wildman–Crippen MR) is 82.4 cm³/mol. The number of carbonyl (C=O) groups is 1.